The van der Waals surface area contributed by atoms with E-state index in [1.807, 2.05) is 0 Å². The number of hydrogen-bond acceptors (Lipinski definition) is 1. The molecule has 5 heteroatoms. The second kappa shape index (κ2) is 4.81. The molecular formula is C3H6Br2GeO2. The van der Waals surface area contributed by atoms with Crippen LogP contribution in [0.25, 0.3) is 0 Å². The van der Waals surface area contributed by atoms with Crippen LogP contribution in [0.1, 0.15) is 6.42 Å². The molecule has 0 atom stereocenters. The SMILES string of the molecule is O=C(O)C[CH2][GeH]([Br])[Br]. The topological polar surface area (TPSA) is 37.3 Å². The van der Waals surface area contributed by atoms with Crippen molar-refractivity contribution in [3.8, 4) is 0 Å². The fourth-order valence-corrected chi connectivity index (χ4v) is 3.59. The number of hydrogen-bond donors (Lipinski definition) is 1. The van der Waals surface area contributed by atoms with Crippen LogP contribution in [-0.2, 0) is 4.79 Å². The van der Waals surface area contributed by atoms with Gasteiger partial charge in [0.25, 0.3) is 0 Å². The van der Waals surface area contributed by atoms with Gasteiger partial charge >= 0.3 is 66.2 Å². The van der Waals surface area contributed by atoms with Crippen LogP contribution in [0.3, 0.4) is 0 Å². The average Bonchev–Trinajstić information content (AvgIpc) is 1.61. The monoisotopic (exact) mass is 306 g/mol. The van der Waals surface area contributed by atoms with E-state index in [-0.39, 0.29) is 0 Å². The standard InChI is InChI=1S/C3H6Br2GeO2/c4-6(5)2-1-3(7)8/h6H,1-2H2,(H,7,8). The molecule has 0 spiro atoms. The Hall–Kier alpha value is 0.973. The summed E-state index contributed by atoms with van der Waals surface area (Å²) in [7, 11) is -1.37. The summed E-state index contributed by atoms with van der Waals surface area (Å²) in [4.78, 5) is 9.89. The van der Waals surface area contributed by atoms with E-state index in [1.165, 1.54) is 0 Å². The van der Waals surface area contributed by atoms with Gasteiger partial charge < -0.3 is 0 Å². The van der Waals surface area contributed by atoms with Crippen molar-refractivity contribution < 1.29 is 9.90 Å². The third-order valence-electron chi connectivity index (χ3n) is 0.576. The van der Waals surface area contributed by atoms with Crippen LogP contribution in [0.5, 0.6) is 0 Å². The zero-order valence-electron chi connectivity index (χ0n) is 4.10. The molecule has 8 heavy (non-hydrogen) atoms. The molecule has 48 valence electrons. The summed E-state index contributed by atoms with van der Waals surface area (Å²) in [6.07, 6.45) is 0.293. The van der Waals surface area contributed by atoms with Gasteiger partial charge in [0, 0.05) is 0 Å². The molecule has 0 saturated heterocycles. The number of carbonyl (C=O) groups is 1. The molecule has 0 aromatic rings. The average molecular weight is 306 g/mol. The third kappa shape index (κ3) is 6.97. The van der Waals surface area contributed by atoms with Crippen molar-refractivity contribution in [2.75, 3.05) is 0 Å². The van der Waals surface area contributed by atoms with Crippen molar-refractivity contribution >= 4 is 44.6 Å². The summed E-state index contributed by atoms with van der Waals surface area (Å²) in [6.45, 7) is 0. The van der Waals surface area contributed by atoms with Gasteiger partial charge in [-0.1, -0.05) is 0 Å². The molecule has 0 bridgehead atoms. The quantitative estimate of drug-likeness (QED) is 0.802. The molecule has 0 amide bonds. The molecule has 0 aliphatic heterocycles. The summed E-state index contributed by atoms with van der Waals surface area (Å²) >= 11 is 6.69. The van der Waals surface area contributed by atoms with Crippen LogP contribution in [0.4, 0.5) is 0 Å². The van der Waals surface area contributed by atoms with Crippen molar-refractivity contribution in [2.45, 2.75) is 11.7 Å². The molecule has 0 heterocycles. The van der Waals surface area contributed by atoms with E-state index in [0.717, 1.165) is 5.25 Å². The van der Waals surface area contributed by atoms with Crippen molar-refractivity contribution in [3.63, 3.8) is 0 Å². The summed E-state index contributed by atoms with van der Waals surface area (Å²) < 4.78 is 0. The van der Waals surface area contributed by atoms with Crippen LogP contribution in [0, 0.1) is 0 Å². The van der Waals surface area contributed by atoms with Gasteiger partial charge in [-0.05, 0) is 0 Å². The summed E-state index contributed by atoms with van der Waals surface area (Å²) in [5, 5.41) is 8.96. The summed E-state index contributed by atoms with van der Waals surface area (Å²) in [5.41, 5.74) is 0. The maximum atomic E-state index is 9.89. The molecule has 0 aromatic carbocycles. The van der Waals surface area contributed by atoms with Gasteiger partial charge in [-0.25, -0.2) is 0 Å². The zero-order chi connectivity index (χ0) is 6.57. The van der Waals surface area contributed by atoms with Gasteiger partial charge in [0.2, 0.25) is 0 Å². The first kappa shape index (κ1) is 8.97. The molecule has 0 unspecified atom stereocenters. The Morgan fingerprint density at radius 3 is 2.25 bits per heavy atom. The molecular weight excluding hydrogens is 300 g/mol. The summed E-state index contributed by atoms with van der Waals surface area (Å²) in [6, 6.07) is 0. The molecule has 0 aromatic heterocycles. The molecule has 0 rings (SSSR count). The van der Waals surface area contributed by atoms with Crippen molar-refractivity contribution in [2.24, 2.45) is 0 Å². The summed E-state index contributed by atoms with van der Waals surface area (Å²) in [5.74, 6) is -0.709. The van der Waals surface area contributed by atoms with Gasteiger partial charge in [-0.15, -0.1) is 0 Å². The Morgan fingerprint density at radius 1 is 1.62 bits per heavy atom. The Labute approximate surface area is 66.0 Å². The number of carboxylic acids is 1. The predicted octanol–water partition coefficient (Wildman–Crippen LogP) is 1.47. The molecule has 0 aliphatic rings. The number of aliphatic carboxylic acids is 1. The Kier molecular flexibility index (Phi) is 5.40. The maximum absolute atomic E-state index is 9.89. The van der Waals surface area contributed by atoms with Crippen LogP contribution in [0.2, 0.25) is 5.25 Å². The minimum absolute atomic E-state index is 0.293. The molecule has 2 nitrogen and oxygen atoms in total. The van der Waals surface area contributed by atoms with Crippen molar-refractivity contribution in [1.29, 1.82) is 0 Å². The first-order chi connectivity index (χ1) is 3.63. The Bertz CT molecular complexity index is 85.4. The number of halogens is 2. The van der Waals surface area contributed by atoms with Gasteiger partial charge in [0.05, 0.1) is 0 Å². The number of carboxylic acid groups (broad SMARTS) is 1. The van der Waals surface area contributed by atoms with Gasteiger partial charge in [0.15, 0.2) is 0 Å². The first-order valence-electron chi connectivity index (χ1n) is 2.13. The van der Waals surface area contributed by atoms with Crippen LogP contribution >= 0.6 is 28.0 Å². The first-order valence-corrected chi connectivity index (χ1v) is 15.2. The fraction of sp³-hybridized carbons (Fsp3) is 0.667. The minimum atomic E-state index is -1.37. The zero-order valence-corrected chi connectivity index (χ0v) is 9.70. The van der Waals surface area contributed by atoms with Crippen LogP contribution in [-0.4, -0.2) is 21.7 Å². The molecule has 0 radical (unpaired) electrons. The van der Waals surface area contributed by atoms with E-state index in [1.54, 1.807) is 0 Å². The molecule has 0 fully saturated rings. The van der Waals surface area contributed by atoms with Gasteiger partial charge in [-0.2, -0.15) is 0 Å². The van der Waals surface area contributed by atoms with E-state index < -0.39 is 16.6 Å². The third-order valence-corrected chi connectivity index (χ3v) is 6.86. The normalized spacial score (nSPS) is 9.88. The van der Waals surface area contributed by atoms with E-state index >= 15 is 0 Å². The molecule has 1 N–H and O–H groups in total. The van der Waals surface area contributed by atoms with Crippen LogP contribution < -0.4 is 0 Å². The van der Waals surface area contributed by atoms with Crippen molar-refractivity contribution in [1.82, 2.24) is 0 Å². The second-order valence-corrected chi connectivity index (χ2v) is 22.0. The fourth-order valence-electron chi connectivity index (χ4n) is 0.233. The Morgan fingerprint density at radius 2 is 2.12 bits per heavy atom. The second-order valence-electron chi connectivity index (χ2n) is 1.32. The van der Waals surface area contributed by atoms with E-state index in [9.17, 15) is 4.79 Å². The van der Waals surface area contributed by atoms with E-state index in [4.69, 9.17) is 5.11 Å². The Balaban J connectivity index is 3.05. The predicted molar refractivity (Wildman–Crippen MR) is 42.1 cm³/mol. The van der Waals surface area contributed by atoms with Gasteiger partial charge in [0.1, 0.15) is 0 Å². The molecule has 0 aliphatic carbocycles. The van der Waals surface area contributed by atoms with E-state index in [2.05, 4.69) is 28.0 Å². The van der Waals surface area contributed by atoms with Crippen LogP contribution in [0.15, 0.2) is 0 Å². The van der Waals surface area contributed by atoms with E-state index in [0.29, 0.717) is 6.42 Å². The number of rotatable bonds is 3. The molecule has 0 saturated carbocycles. The van der Waals surface area contributed by atoms with Crippen molar-refractivity contribution in [3.05, 3.63) is 0 Å². The van der Waals surface area contributed by atoms with Gasteiger partial charge in [-0.3, -0.25) is 0 Å².